The lowest BCUT2D eigenvalue weighted by molar-refractivity contribution is -0.117. The van der Waals surface area contributed by atoms with Crippen LogP contribution < -0.4 is 0 Å². The lowest BCUT2D eigenvalue weighted by atomic mass is 9.56. The molecule has 0 radical (unpaired) electrons. The van der Waals surface area contributed by atoms with E-state index in [9.17, 15) is 9.90 Å². The summed E-state index contributed by atoms with van der Waals surface area (Å²) in [7, 11) is 0. The lowest BCUT2D eigenvalue weighted by Gasteiger charge is -2.46. The number of aliphatic hydroxyl groups excluding tert-OH is 1. The Morgan fingerprint density at radius 1 is 1.26 bits per heavy atom. The average Bonchev–Trinajstić information content (AvgIpc) is 3.17. The predicted molar refractivity (Wildman–Crippen MR) is 104 cm³/mol. The van der Waals surface area contributed by atoms with Gasteiger partial charge < -0.3 is 14.8 Å². The summed E-state index contributed by atoms with van der Waals surface area (Å²) in [5, 5.41) is 12.9. The number of aromatic amines is 1. The summed E-state index contributed by atoms with van der Waals surface area (Å²) in [5.41, 5.74) is 4.89. The van der Waals surface area contributed by atoms with Crippen LogP contribution in [0.1, 0.15) is 30.0 Å². The monoisotopic (exact) mass is 359 g/mol. The zero-order chi connectivity index (χ0) is 18.6. The second-order valence-electron chi connectivity index (χ2n) is 8.48. The van der Waals surface area contributed by atoms with Gasteiger partial charge in [0.15, 0.2) is 0 Å². The molecule has 4 atom stereocenters. The molecule has 0 amide bonds. The van der Waals surface area contributed by atoms with Gasteiger partial charge >= 0.3 is 5.97 Å². The first kappa shape index (κ1) is 15.5. The van der Waals surface area contributed by atoms with E-state index in [0.29, 0.717) is 0 Å². The number of epoxide rings is 1. The second-order valence-corrected chi connectivity index (χ2v) is 8.48. The van der Waals surface area contributed by atoms with Crippen LogP contribution in [0.15, 0.2) is 42.5 Å². The summed E-state index contributed by atoms with van der Waals surface area (Å²) in [4.78, 5) is 15.8. The molecule has 136 valence electrons. The molecule has 4 nitrogen and oxygen atoms in total. The first-order chi connectivity index (χ1) is 13.0. The van der Waals surface area contributed by atoms with Crippen molar-refractivity contribution in [2.24, 2.45) is 5.92 Å². The predicted octanol–water partition coefficient (Wildman–Crippen LogP) is 3.68. The van der Waals surface area contributed by atoms with E-state index in [1.807, 2.05) is 0 Å². The Morgan fingerprint density at radius 2 is 2.04 bits per heavy atom. The highest BCUT2D eigenvalue weighted by Crippen LogP contribution is 2.58. The summed E-state index contributed by atoms with van der Waals surface area (Å²) in [6, 6.07) is 10.7. The van der Waals surface area contributed by atoms with Crippen LogP contribution in [0.2, 0.25) is 0 Å². The minimum Gasteiger partial charge on any atom is -0.440 e. The summed E-state index contributed by atoms with van der Waals surface area (Å²) in [6.07, 6.45) is 4.74. The molecule has 3 aromatic rings. The van der Waals surface area contributed by atoms with Gasteiger partial charge in [-0.2, -0.15) is 0 Å². The van der Waals surface area contributed by atoms with E-state index in [1.54, 1.807) is 6.08 Å². The van der Waals surface area contributed by atoms with Crippen LogP contribution in [-0.2, 0) is 21.4 Å². The minimum atomic E-state index is -1.04. The Labute approximate surface area is 156 Å². The Bertz CT molecular complexity index is 1190. The van der Waals surface area contributed by atoms with Gasteiger partial charge in [-0.3, -0.25) is 0 Å². The van der Waals surface area contributed by atoms with E-state index < -0.39 is 11.7 Å². The largest absolute Gasteiger partial charge is 0.440 e. The maximum Gasteiger partial charge on any atom is 0.355 e. The first-order valence-electron chi connectivity index (χ1n) is 9.61. The van der Waals surface area contributed by atoms with Crippen molar-refractivity contribution in [3.8, 4) is 0 Å². The highest BCUT2D eigenvalue weighted by Gasteiger charge is 2.72. The maximum atomic E-state index is 12.2. The lowest BCUT2D eigenvalue weighted by Crippen LogP contribution is -2.52. The molecule has 1 saturated heterocycles. The summed E-state index contributed by atoms with van der Waals surface area (Å²) in [6.45, 7) is 4.38. The van der Waals surface area contributed by atoms with Gasteiger partial charge in [0.05, 0.1) is 0 Å². The number of aromatic nitrogens is 1. The smallest absolute Gasteiger partial charge is 0.355 e. The number of carbonyl (C=O) groups excluding carboxylic acids is 1. The quantitative estimate of drug-likeness (QED) is 0.475. The topological polar surface area (TPSA) is 65.6 Å². The van der Waals surface area contributed by atoms with Gasteiger partial charge in [-0.25, -0.2) is 4.79 Å². The van der Waals surface area contributed by atoms with Crippen molar-refractivity contribution in [2.75, 3.05) is 0 Å². The molecule has 0 saturated carbocycles. The number of para-hydroxylation sites is 1. The van der Waals surface area contributed by atoms with Gasteiger partial charge in [0, 0.05) is 33.1 Å². The van der Waals surface area contributed by atoms with Gasteiger partial charge in [0.1, 0.15) is 6.10 Å². The van der Waals surface area contributed by atoms with Gasteiger partial charge in [0.2, 0.25) is 5.60 Å². The van der Waals surface area contributed by atoms with E-state index in [-0.39, 0.29) is 17.3 Å². The van der Waals surface area contributed by atoms with Crippen LogP contribution in [0.4, 0.5) is 0 Å². The molecule has 2 N–H and O–H groups in total. The number of nitrogens with one attached hydrogen (secondary N) is 1. The van der Waals surface area contributed by atoms with E-state index in [4.69, 9.17) is 4.74 Å². The molecular formula is C23H21NO3. The van der Waals surface area contributed by atoms with Crippen molar-refractivity contribution >= 4 is 27.8 Å². The fourth-order valence-corrected chi connectivity index (χ4v) is 5.80. The molecule has 4 heteroatoms. The van der Waals surface area contributed by atoms with Crippen molar-refractivity contribution in [3.05, 3.63) is 59.2 Å². The number of aryl methyl sites for hydroxylation is 1. The summed E-state index contributed by atoms with van der Waals surface area (Å²) < 4.78 is 5.43. The number of fused-ring (bicyclic) bond motifs is 7. The molecule has 1 fully saturated rings. The fraction of sp³-hybridized carbons (Fsp3) is 0.348. The first-order valence-corrected chi connectivity index (χ1v) is 9.61. The third-order valence-electron chi connectivity index (χ3n) is 7.30. The van der Waals surface area contributed by atoms with Gasteiger partial charge in [-0.1, -0.05) is 37.3 Å². The Hall–Kier alpha value is -2.59. The molecule has 27 heavy (non-hydrogen) atoms. The van der Waals surface area contributed by atoms with E-state index in [0.717, 1.165) is 18.4 Å². The van der Waals surface area contributed by atoms with Crippen LogP contribution in [0.25, 0.3) is 21.8 Å². The van der Waals surface area contributed by atoms with Crippen LogP contribution in [0.5, 0.6) is 0 Å². The number of allylic oxidation sites excluding steroid dienone is 1. The molecule has 0 bridgehead atoms. The molecule has 2 aromatic carbocycles. The summed E-state index contributed by atoms with van der Waals surface area (Å²) >= 11 is 0. The Kier molecular flexibility index (Phi) is 2.65. The van der Waals surface area contributed by atoms with Gasteiger partial charge in [0.25, 0.3) is 0 Å². The molecule has 6 rings (SSSR count). The van der Waals surface area contributed by atoms with Crippen LogP contribution in [0.3, 0.4) is 0 Å². The van der Waals surface area contributed by atoms with Gasteiger partial charge in [-0.15, -0.1) is 0 Å². The van der Waals surface area contributed by atoms with Crippen molar-refractivity contribution in [1.82, 2.24) is 4.98 Å². The Morgan fingerprint density at radius 3 is 2.81 bits per heavy atom. The highest BCUT2D eigenvalue weighted by molar-refractivity contribution is 6.09. The van der Waals surface area contributed by atoms with E-state index in [1.165, 1.54) is 33.0 Å². The molecular weight excluding hydrogens is 338 g/mol. The molecule has 3 aliphatic rings. The molecule has 1 spiro atoms. The fourth-order valence-electron chi connectivity index (χ4n) is 5.80. The number of hydrogen-bond acceptors (Lipinski definition) is 3. The van der Waals surface area contributed by atoms with Crippen molar-refractivity contribution in [2.45, 2.75) is 43.8 Å². The van der Waals surface area contributed by atoms with Crippen LogP contribution in [-0.4, -0.2) is 27.8 Å². The third-order valence-corrected chi connectivity index (χ3v) is 7.30. The standard InChI is InChI=1S/C23H21NO3/c1-12-13-7-8-18-22(2,10-9-19(25)23(18)21(26)27-23)16(13)11-15-14-5-3-4-6-17(14)24-20(12)15/h3-6,9-11,18-19,24-25H,7-8H2,1-2H3/t18-,19+,22-,23-/m1/s1. The molecule has 2 aliphatic carbocycles. The van der Waals surface area contributed by atoms with Crippen LogP contribution in [0, 0.1) is 12.8 Å². The number of H-pyrrole nitrogens is 1. The molecule has 1 aliphatic heterocycles. The van der Waals surface area contributed by atoms with Crippen molar-refractivity contribution in [1.29, 1.82) is 0 Å². The summed E-state index contributed by atoms with van der Waals surface area (Å²) in [5.74, 6) is -0.295. The second kappa shape index (κ2) is 4.63. The SMILES string of the molecule is Cc1c2c(cc3c1[nH]c1ccccc13)[C@@]1(C)C=C[C@H](O)[C@]3(OC3=O)[C@@H]1CC2. The zero-order valence-electron chi connectivity index (χ0n) is 15.4. The number of ether oxygens (including phenoxy) is 1. The zero-order valence-corrected chi connectivity index (χ0v) is 15.4. The number of rotatable bonds is 0. The number of hydrogen-bond donors (Lipinski definition) is 2. The molecule has 0 unspecified atom stereocenters. The number of aliphatic hydroxyl groups is 1. The molecule has 2 heterocycles. The highest BCUT2D eigenvalue weighted by atomic mass is 16.7. The van der Waals surface area contributed by atoms with Crippen molar-refractivity contribution in [3.63, 3.8) is 0 Å². The normalized spacial score (nSPS) is 34.0. The minimum absolute atomic E-state index is 0.0351. The number of benzene rings is 2. The maximum absolute atomic E-state index is 12.2. The van der Waals surface area contributed by atoms with Crippen molar-refractivity contribution < 1.29 is 14.6 Å². The van der Waals surface area contributed by atoms with Gasteiger partial charge in [-0.05, 0) is 48.6 Å². The molecule has 1 aromatic heterocycles. The van der Waals surface area contributed by atoms with E-state index in [2.05, 4.69) is 55.2 Å². The number of carbonyl (C=O) groups is 1. The average molecular weight is 359 g/mol. The van der Waals surface area contributed by atoms with Crippen LogP contribution >= 0.6 is 0 Å². The third kappa shape index (κ3) is 1.66. The Balaban J connectivity index is 1.67. The van der Waals surface area contributed by atoms with E-state index >= 15 is 0 Å².